The van der Waals surface area contributed by atoms with Gasteiger partial charge < -0.3 is 5.11 Å². The summed E-state index contributed by atoms with van der Waals surface area (Å²) in [5, 5.41) is 18.3. The fraction of sp³-hybridized carbons (Fsp3) is 0.429. The Labute approximate surface area is 112 Å². The van der Waals surface area contributed by atoms with E-state index in [0.717, 1.165) is 12.2 Å². The minimum atomic E-state index is -0.339. The zero-order valence-corrected chi connectivity index (χ0v) is 10.7. The zero-order valence-electron chi connectivity index (χ0n) is 10.7. The fourth-order valence-electron chi connectivity index (χ4n) is 2.23. The molecular weight excluding hydrogens is 242 g/mol. The van der Waals surface area contributed by atoms with E-state index in [-0.39, 0.29) is 25.1 Å². The third-order valence-corrected chi connectivity index (χ3v) is 3.20. The lowest BCUT2D eigenvalue weighted by Gasteiger charge is -2.23. The molecule has 1 saturated heterocycles. The molecule has 0 aliphatic carbocycles. The molecule has 1 aliphatic heterocycles. The number of rotatable bonds is 4. The lowest BCUT2D eigenvalue weighted by molar-refractivity contribution is -0.119. The van der Waals surface area contributed by atoms with Crippen molar-refractivity contribution in [1.82, 2.24) is 4.90 Å². The Morgan fingerprint density at radius 3 is 2.79 bits per heavy atom. The van der Waals surface area contributed by atoms with Gasteiger partial charge in [0, 0.05) is 18.8 Å². The van der Waals surface area contributed by atoms with Gasteiger partial charge in [-0.3, -0.25) is 14.6 Å². The number of benzene rings is 1. The predicted octanol–water partition coefficient (Wildman–Crippen LogP) is 0.610. The van der Waals surface area contributed by atoms with Crippen molar-refractivity contribution in [2.75, 3.05) is 31.1 Å². The first-order chi connectivity index (χ1) is 9.20. The van der Waals surface area contributed by atoms with E-state index in [9.17, 15) is 9.90 Å². The molecule has 1 aromatic rings. The molecule has 100 valence electrons. The molecule has 0 bridgehead atoms. The van der Waals surface area contributed by atoms with Crippen molar-refractivity contribution in [3.8, 4) is 6.07 Å². The third kappa shape index (κ3) is 3.53. The number of para-hydroxylation sites is 1. The average Bonchev–Trinajstić information content (AvgIpc) is 2.82. The molecule has 1 fully saturated rings. The van der Waals surface area contributed by atoms with Crippen LogP contribution in [-0.2, 0) is 4.79 Å². The summed E-state index contributed by atoms with van der Waals surface area (Å²) in [6, 6.07) is 11.2. The molecule has 1 aliphatic rings. The lowest BCUT2D eigenvalue weighted by Crippen LogP contribution is -2.40. The lowest BCUT2D eigenvalue weighted by atomic mass is 10.2. The van der Waals surface area contributed by atoms with Crippen LogP contribution in [0.3, 0.4) is 0 Å². The summed E-state index contributed by atoms with van der Waals surface area (Å²) in [4.78, 5) is 15.6. The van der Waals surface area contributed by atoms with E-state index in [4.69, 9.17) is 5.26 Å². The van der Waals surface area contributed by atoms with Crippen molar-refractivity contribution >= 4 is 11.6 Å². The smallest absolute Gasteiger partial charge is 0.242 e. The number of likely N-dealkylation sites (tertiary alicyclic amines) is 1. The first-order valence-corrected chi connectivity index (χ1v) is 6.33. The van der Waals surface area contributed by atoms with E-state index in [1.807, 2.05) is 41.3 Å². The summed E-state index contributed by atoms with van der Waals surface area (Å²) < 4.78 is 0. The molecule has 19 heavy (non-hydrogen) atoms. The maximum absolute atomic E-state index is 12.2. The molecule has 0 saturated carbocycles. The fourth-order valence-corrected chi connectivity index (χ4v) is 2.23. The highest BCUT2D eigenvalue weighted by atomic mass is 16.3. The van der Waals surface area contributed by atoms with E-state index < -0.39 is 0 Å². The molecule has 1 amide bonds. The van der Waals surface area contributed by atoms with Gasteiger partial charge in [-0.1, -0.05) is 18.2 Å². The summed E-state index contributed by atoms with van der Waals surface area (Å²) in [6.07, 6.45) is 0.366. The summed E-state index contributed by atoms with van der Waals surface area (Å²) in [5.74, 6) is -0.109. The van der Waals surface area contributed by atoms with Crippen molar-refractivity contribution in [3.05, 3.63) is 30.3 Å². The Kier molecular flexibility index (Phi) is 4.50. The molecule has 1 atom stereocenters. The van der Waals surface area contributed by atoms with Gasteiger partial charge in [0.1, 0.15) is 6.54 Å². The number of carbonyl (C=O) groups is 1. The number of β-amino-alcohol motifs (C(OH)–C–C–N with tert-alkyl or cyclic N) is 1. The highest BCUT2D eigenvalue weighted by Gasteiger charge is 2.24. The number of amides is 1. The topological polar surface area (TPSA) is 67.6 Å². The molecule has 0 radical (unpaired) electrons. The summed E-state index contributed by atoms with van der Waals surface area (Å²) in [7, 11) is 0. The molecule has 1 aromatic carbocycles. The highest BCUT2D eigenvalue weighted by molar-refractivity contribution is 5.95. The molecular formula is C14H17N3O2. The average molecular weight is 259 g/mol. The summed E-state index contributed by atoms with van der Waals surface area (Å²) in [6.45, 7) is 1.54. The predicted molar refractivity (Wildman–Crippen MR) is 71.5 cm³/mol. The van der Waals surface area contributed by atoms with E-state index >= 15 is 0 Å². The standard InChI is InChI=1S/C14H17N3O2/c15-7-9-17(12-4-2-1-3-5-12)14(19)11-16-8-6-13(18)10-16/h1-5,13,18H,6,8-11H2/t13-/m1/s1. The van der Waals surface area contributed by atoms with Gasteiger partial charge in [0.15, 0.2) is 0 Å². The minimum Gasteiger partial charge on any atom is -0.392 e. The Balaban J connectivity index is 2.03. The van der Waals surface area contributed by atoms with E-state index in [1.165, 1.54) is 4.90 Å². The largest absolute Gasteiger partial charge is 0.392 e. The maximum Gasteiger partial charge on any atom is 0.242 e. The minimum absolute atomic E-state index is 0.0409. The van der Waals surface area contributed by atoms with Crippen LogP contribution in [0.25, 0.3) is 0 Å². The molecule has 0 unspecified atom stereocenters. The Morgan fingerprint density at radius 2 is 2.21 bits per heavy atom. The normalized spacial score (nSPS) is 19.1. The number of nitrogens with zero attached hydrogens (tertiary/aromatic N) is 3. The van der Waals surface area contributed by atoms with Crippen molar-refractivity contribution < 1.29 is 9.90 Å². The number of carbonyl (C=O) groups excluding carboxylic acids is 1. The quantitative estimate of drug-likeness (QED) is 0.804. The van der Waals surface area contributed by atoms with Gasteiger partial charge in [-0.2, -0.15) is 5.26 Å². The Hall–Kier alpha value is -1.90. The second kappa shape index (κ2) is 6.32. The molecule has 1 N–H and O–H groups in total. The van der Waals surface area contributed by atoms with Crippen LogP contribution in [0.5, 0.6) is 0 Å². The van der Waals surface area contributed by atoms with Crippen LogP contribution in [0.2, 0.25) is 0 Å². The van der Waals surface area contributed by atoms with Crippen LogP contribution in [0.1, 0.15) is 6.42 Å². The monoisotopic (exact) mass is 259 g/mol. The summed E-state index contributed by atoms with van der Waals surface area (Å²) >= 11 is 0. The number of aliphatic hydroxyl groups is 1. The third-order valence-electron chi connectivity index (χ3n) is 3.20. The van der Waals surface area contributed by atoms with E-state index in [0.29, 0.717) is 13.0 Å². The Bertz CT molecular complexity index is 469. The van der Waals surface area contributed by atoms with E-state index in [1.54, 1.807) is 0 Å². The second-order valence-corrected chi connectivity index (χ2v) is 4.65. The van der Waals surface area contributed by atoms with Crippen LogP contribution in [-0.4, -0.2) is 48.2 Å². The maximum atomic E-state index is 12.2. The van der Waals surface area contributed by atoms with Gasteiger partial charge in [0.05, 0.1) is 18.7 Å². The van der Waals surface area contributed by atoms with Crippen molar-refractivity contribution in [3.63, 3.8) is 0 Å². The number of aliphatic hydroxyl groups excluding tert-OH is 1. The highest BCUT2D eigenvalue weighted by Crippen LogP contribution is 2.15. The van der Waals surface area contributed by atoms with Crippen LogP contribution in [0.15, 0.2) is 30.3 Å². The molecule has 2 rings (SSSR count). The van der Waals surface area contributed by atoms with Crippen molar-refractivity contribution in [2.24, 2.45) is 0 Å². The molecule has 0 spiro atoms. The van der Waals surface area contributed by atoms with Gasteiger partial charge in [-0.05, 0) is 18.6 Å². The van der Waals surface area contributed by atoms with Gasteiger partial charge in [-0.15, -0.1) is 0 Å². The first-order valence-electron chi connectivity index (χ1n) is 6.33. The van der Waals surface area contributed by atoms with Crippen molar-refractivity contribution in [1.29, 1.82) is 5.26 Å². The van der Waals surface area contributed by atoms with E-state index in [2.05, 4.69) is 0 Å². The van der Waals surface area contributed by atoms with Crippen molar-refractivity contribution in [2.45, 2.75) is 12.5 Å². The van der Waals surface area contributed by atoms with Gasteiger partial charge in [-0.25, -0.2) is 0 Å². The summed E-state index contributed by atoms with van der Waals surface area (Å²) in [5.41, 5.74) is 0.730. The van der Waals surface area contributed by atoms with Gasteiger partial charge in [0.2, 0.25) is 5.91 Å². The number of nitriles is 1. The zero-order chi connectivity index (χ0) is 13.7. The molecule has 1 heterocycles. The SMILES string of the molecule is N#CCN(C(=O)CN1CC[C@@H](O)C1)c1ccccc1. The number of hydrogen-bond acceptors (Lipinski definition) is 4. The number of hydrogen-bond donors (Lipinski definition) is 1. The first kappa shape index (κ1) is 13.5. The van der Waals surface area contributed by atoms with Crippen LogP contribution in [0.4, 0.5) is 5.69 Å². The van der Waals surface area contributed by atoms with Crippen LogP contribution < -0.4 is 4.90 Å². The van der Waals surface area contributed by atoms with Crippen LogP contribution in [0, 0.1) is 11.3 Å². The van der Waals surface area contributed by atoms with Gasteiger partial charge in [0.25, 0.3) is 0 Å². The Morgan fingerprint density at radius 1 is 1.47 bits per heavy atom. The van der Waals surface area contributed by atoms with Crippen LogP contribution >= 0.6 is 0 Å². The molecule has 5 nitrogen and oxygen atoms in total. The second-order valence-electron chi connectivity index (χ2n) is 4.65. The number of anilines is 1. The van der Waals surface area contributed by atoms with Gasteiger partial charge >= 0.3 is 0 Å². The molecule has 5 heteroatoms. The molecule has 0 aromatic heterocycles.